The van der Waals surface area contributed by atoms with Crippen molar-refractivity contribution >= 4 is 33.0 Å². The number of hydrogen-bond donors (Lipinski definition) is 2. The lowest BCUT2D eigenvalue weighted by atomic mass is 10.1. The van der Waals surface area contributed by atoms with Crippen molar-refractivity contribution in [1.29, 1.82) is 5.26 Å². The summed E-state index contributed by atoms with van der Waals surface area (Å²) in [6.45, 7) is 0. The number of anilines is 1. The molecule has 0 amide bonds. The molecule has 1 aliphatic rings. The number of aromatic carboxylic acids is 1. The van der Waals surface area contributed by atoms with Gasteiger partial charge in [-0.1, -0.05) is 6.07 Å². The predicted molar refractivity (Wildman–Crippen MR) is 108 cm³/mol. The summed E-state index contributed by atoms with van der Waals surface area (Å²) in [6.07, 6.45) is 3.12. The van der Waals surface area contributed by atoms with Gasteiger partial charge in [0.25, 0.3) is 10.0 Å². The van der Waals surface area contributed by atoms with Crippen LogP contribution in [-0.2, 0) is 10.0 Å². The number of halogens is 1. The van der Waals surface area contributed by atoms with Crippen LogP contribution in [0.3, 0.4) is 0 Å². The molecule has 2 aromatic carbocycles. The molecule has 0 radical (unpaired) electrons. The van der Waals surface area contributed by atoms with E-state index in [1.54, 1.807) is 11.4 Å². The molecule has 0 saturated heterocycles. The van der Waals surface area contributed by atoms with Crippen LogP contribution < -0.4 is 4.72 Å². The van der Waals surface area contributed by atoms with Crippen LogP contribution in [0.1, 0.15) is 40.2 Å². The van der Waals surface area contributed by atoms with Gasteiger partial charge in [-0.3, -0.25) is 4.72 Å². The fourth-order valence-electron chi connectivity index (χ4n) is 3.11. The summed E-state index contributed by atoms with van der Waals surface area (Å²) in [5.41, 5.74) is 0.232. The Bertz CT molecular complexity index is 1290. The maximum absolute atomic E-state index is 14.2. The summed E-state index contributed by atoms with van der Waals surface area (Å²) in [7, 11) is -4.22. The molecular weight excluding hydrogens is 429 g/mol. The SMILES string of the molecule is N#Cc1cc(NS(=O)(=O)c2cc(C(=O)O)ccc2C2CC2)c(-c2nccs2)cc1F. The summed E-state index contributed by atoms with van der Waals surface area (Å²) in [5, 5.41) is 20.5. The van der Waals surface area contributed by atoms with E-state index < -0.39 is 21.8 Å². The molecule has 0 atom stereocenters. The third-order valence-corrected chi connectivity index (χ3v) is 6.93. The number of hydrogen-bond acceptors (Lipinski definition) is 6. The molecule has 4 rings (SSSR count). The molecule has 1 fully saturated rings. The number of sulfonamides is 1. The van der Waals surface area contributed by atoms with Gasteiger partial charge in [0.05, 0.1) is 21.7 Å². The Labute approximate surface area is 175 Å². The van der Waals surface area contributed by atoms with Crippen LogP contribution in [-0.4, -0.2) is 24.5 Å². The second kappa shape index (κ2) is 7.51. The Morgan fingerprint density at radius 2 is 2.07 bits per heavy atom. The fraction of sp³-hybridized carbons (Fsp3) is 0.150. The number of thiazole rings is 1. The monoisotopic (exact) mass is 443 g/mol. The van der Waals surface area contributed by atoms with Crippen molar-refractivity contribution in [3.63, 3.8) is 0 Å². The zero-order chi connectivity index (χ0) is 21.5. The van der Waals surface area contributed by atoms with Crippen molar-refractivity contribution < 1.29 is 22.7 Å². The number of rotatable bonds is 6. The third-order valence-electron chi connectivity index (χ3n) is 4.70. The van der Waals surface area contributed by atoms with Crippen LogP contribution in [0.4, 0.5) is 10.1 Å². The van der Waals surface area contributed by atoms with E-state index in [1.165, 1.54) is 29.7 Å². The Balaban J connectivity index is 1.84. The van der Waals surface area contributed by atoms with Gasteiger partial charge < -0.3 is 5.11 Å². The quantitative estimate of drug-likeness (QED) is 0.589. The minimum atomic E-state index is -4.22. The number of benzene rings is 2. The van der Waals surface area contributed by atoms with Crippen LogP contribution in [0.15, 0.2) is 46.8 Å². The van der Waals surface area contributed by atoms with Crippen molar-refractivity contribution in [3.05, 3.63) is 64.4 Å². The van der Waals surface area contributed by atoms with E-state index >= 15 is 0 Å². The van der Waals surface area contributed by atoms with Crippen molar-refractivity contribution in [3.8, 4) is 16.6 Å². The second-order valence-electron chi connectivity index (χ2n) is 6.76. The molecule has 1 aliphatic carbocycles. The number of nitriles is 1. The van der Waals surface area contributed by atoms with Crippen molar-refractivity contribution in [1.82, 2.24) is 4.98 Å². The van der Waals surface area contributed by atoms with E-state index in [0.29, 0.717) is 10.6 Å². The lowest BCUT2D eigenvalue weighted by Gasteiger charge is -2.15. The molecule has 7 nitrogen and oxygen atoms in total. The Morgan fingerprint density at radius 1 is 1.30 bits per heavy atom. The topological polar surface area (TPSA) is 120 Å². The molecule has 1 heterocycles. The summed E-state index contributed by atoms with van der Waals surface area (Å²) < 4.78 is 43.1. The van der Waals surface area contributed by atoms with Gasteiger partial charge in [0, 0.05) is 17.1 Å². The first kappa shape index (κ1) is 20.0. The number of carboxylic acids is 1. The number of carbonyl (C=O) groups is 1. The standard InChI is InChI=1S/C20H14FN3O4S2/c21-16-9-15(19-23-5-6-29-19)17(7-13(16)10-22)24-30(27,28)18-8-12(20(25)26)3-4-14(18)11-1-2-11/h3-9,11,24H,1-2H2,(H,25,26). The van der Waals surface area contributed by atoms with Gasteiger partial charge in [-0.25, -0.2) is 22.6 Å². The summed E-state index contributed by atoms with van der Waals surface area (Å²) >= 11 is 1.19. The number of aromatic nitrogens is 1. The van der Waals surface area contributed by atoms with Crippen LogP contribution >= 0.6 is 11.3 Å². The highest BCUT2D eigenvalue weighted by molar-refractivity contribution is 7.92. The molecule has 0 aliphatic heterocycles. The van der Waals surface area contributed by atoms with Crippen molar-refractivity contribution in [2.45, 2.75) is 23.7 Å². The van der Waals surface area contributed by atoms with E-state index in [1.807, 2.05) is 0 Å². The van der Waals surface area contributed by atoms with Crippen LogP contribution in [0, 0.1) is 17.1 Å². The molecule has 1 saturated carbocycles. The number of nitrogens with one attached hydrogen (secondary N) is 1. The minimum Gasteiger partial charge on any atom is -0.478 e. The highest BCUT2D eigenvalue weighted by atomic mass is 32.2. The third kappa shape index (κ3) is 3.77. The van der Waals surface area contributed by atoms with Gasteiger partial charge in [0.15, 0.2) is 0 Å². The van der Waals surface area contributed by atoms with Gasteiger partial charge in [0.2, 0.25) is 0 Å². The normalized spacial score (nSPS) is 13.6. The summed E-state index contributed by atoms with van der Waals surface area (Å²) in [6, 6.07) is 7.88. The molecule has 1 aromatic heterocycles. The zero-order valence-corrected chi connectivity index (χ0v) is 16.9. The van der Waals surface area contributed by atoms with Gasteiger partial charge >= 0.3 is 5.97 Å². The molecule has 0 spiro atoms. The van der Waals surface area contributed by atoms with E-state index in [0.717, 1.165) is 31.0 Å². The Morgan fingerprint density at radius 3 is 2.67 bits per heavy atom. The molecule has 0 bridgehead atoms. The van der Waals surface area contributed by atoms with E-state index in [2.05, 4.69) is 9.71 Å². The van der Waals surface area contributed by atoms with E-state index in [4.69, 9.17) is 5.26 Å². The molecular formula is C20H14FN3O4S2. The van der Waals surface area contributed by atoms with Crippen molar-refractivity contribution in [2.75, 3.05) is 4.72 Å². The first-order valence-electron chi connectivity index (χ1n) is 8.83. The predicted octanol–water partition coefficient (Wildman–Crippen LogP) is 4.20. The lowest BCUT2D eigenvalue weighted by Crippen LogP contribution is -2.17. The molecule has 10 heteroatoms. The average Bonchev–Trinajstić information content (AvgIpc) is 3.42. The van der Waals surface area contributed by atoms with Gasteiger partial charge in [-0.05, 0) is 48.6 Å². The van der Waals surface area contributed by atoms with Crippen LogP contribution in [0.25, 0.3) is 10.6 Å². The first-order chi connectivity index (χ1) is 14.3. The Kier molecular flexibility index (Phi) is 5.01. The molecule has 2 N–H and O–H groups in total. The van der Waals surface area contributed by atoms with Gasteiger partial charge in [-0.2, -0.15) is 5.26 Å². The highest BCUT2D eigenvalue weighted by Crippen LogP contribution is 2.43. The minimum absolute atomic E-state index is 0.00891. The van der Waals surface area contributed by atoms with E-state index in [9.17, 15) is 22.7 Å². The largest absolute Gasteiger partial charge is 0.478 e. The average molecular weight is 443 g/mol. The number of carboxylic acid groups (broad SMARTS) is 1. The van der Waals surface area contributed by atoms with Crippen LogP contribution in [0.5, 0.6) is 0 Å². The smallest absolute Gasteiger partial charge is 0.335 e. The van der Waals surface area contributed by atoms with Crippen LogP contribution in [0.2, 0.25) is 0 Å². The molecule has 0 unspecified atom stereocenters. The molecule has 30 heavy (non-hydrogen) atoms. The van der Waals surface area contributed by atoms with Crippen molar-refractivity contribution in [2.24, 2.45) is 0 Å². The zero-order valence-electron chi connectivity index (χ0n) is 15.3. The van der Waals surface area contributed by atoms with E-state index in [-0.39, 0.29) is 33.2 Å². The summed E-state index contributed by atoms with van der Waals surface area (Å²) in [4.78, 5) is 15.3. The Hall–Kier alpha value is -3.29. The second-order valence-corrected chi connectivity index (χ2v) is 9.31. The summed E-state index contributed by atoms with van der Waals surface area (Å²) in [5.74, 6) is -2.00. The molecule has 3 aromatic rings. The highest BCUT2D eigenvalue weighted by Gasteiger charge is 2.32. The fourth-order valence-corrected chi connectivity index (χ4v) is 5.17. The first-order valence-corrected chi connectivity index (χ1v) is 11.2. The van der Waals surface area contributed by atoms with Gasteiger partial charge in [0.1, 0.15) is 16.9 Å². The lowest BCUT2D eigenvalue weighted by molar-refractivity contribution is 0.0696. The molecule has 152 valence electrons. The maximum Gasteiger partial charge on any atom is 0.335 e. The maximum atomic E-state index is 14.2. The number of nitrogens with zero attached hydrogens (tertiary/aromatic N) is 2. The van der Waals surface area contributed by atoms with Gasteiger partial charge in [-0.15, -0.1) is 11.3 Å².